The molecular formula is C6H5N2O2. The van der Waals surface area contributed by atoms with Crippen LogP contribution in [0, 0.1) is 6.07 Å². The molecular weight excluding hydrogens is 132 g/mol. The van der Waals surface area contributed by atoms with Gasteiger partial charge in [-0.2, -0.15) is 0 Å². The molecule has 10 heavy (non-hydrogen) atoms. The number of pyridine rings is 1. The maximum atomic E-state index is 10.7. The fourth-order valence-electron chi connectivity index (χ4n) is 0.559. The molecule has 0 fully saturated rings. The summed E-state index contributed by atoms with van der Waals surface area (Å²) in [7, 11) is 0. The smallest absolute Gasteiger partial charge is 0.325 e. The average molecular weight is 137 g/mol. The molecule has 0 aliphatic carbocycles. The van der Waals surface area contributed by atoms with Gasteiger partial charge in [-0.1, -0.05) is 0 Å². The summed E-state index contributed by atoms with van der Waals surface area (Å²) in [5.41, 5.74) is 4.29. The van der Waals surface area contributed by atoms with E-state index in [1.54, 1.807) is 0 Å². The molecule has 0 unspecified atom stereocenters. The minimum absolute atomic E-state index is 0.532. The van der Waals surface area contributed by atoms with Crippen molar-refractivity contribution in [3.63, 3.8) is 0 Å². The van der Waals surface area contributed by atoms with Crippen LogP contribution in [0.3, 0.4) is 0 Å². The van der Waals surface area contributed by atoms with E-state index in [1.807, 2.05) is 0 Å². The van der Waals surface area contributed by atoms with Gasteiger partial charge in [-0.15, -0.1) is 0 Å². The molecule has 0 aliphatic heterocycles. The third-order valence-corrected chi connectivity index (χ3v) is 0.994. The van der Waals surface area contributed by atoms with E-state index >= 15 is 0 Å². The van der Waals surface area contributed by atoms with Gasteiger partial charge in [0.1, 0.15) is 0 Å². The summed E-state index contributed by atoms with van der Waals surface area (Å²) in [4.78, 5) is 21.1. The van der Waals surface area contributed by atoms with Crippen molar-refractivity contribution in [1.29, 1.82) is 0 Å². The zero-order valence-corrected chi connectivity index (χ0v) is 5.07. The standard InChI is InChI=1S/C6H5N2O2/c7-6(10)8-4-2-1-3-5(8)9/h1-2,4H,(H2,7,10). The zero-order chi connectivity index (χ0) is 7.56. The molecule has 0 saturated heterocycles. The van der Waals surface area contributed by atoms with E-state index < -0.39 is 11.6 Å². The Labute approximate surface area is 56.9 Å². The quantitative estimate of drug-likeness (QED) is 0.527. The van der Waals surface area contributed by atoms with Gasteiger partial charge < -0.3 is 5.73 Å². The Bertz CT molecular complexity index is 303. The molecule has 4 heteroatoms. The van der Waals surface area contributed by atoms with Crippen LogP contribution in [0.5, 0.6) is 0 Å². The van der Waals surface area contributed by atoms with Crippen molar-refractivity contribution in [3.05, 3.63) is 34.7 Å². The number of nitrogens with two attached hydrogens (primary N) is 1. The molecule has 2 N–H and O–H groups in total. The van der Waals surface area contributed by atoms with Gasteiger partial charge >= 0.3 is 6.03 Å². The Morgan fingerprint density at radius 1 is 1.70 bits per heavy atom. The Morgan fingerprint density at radius 3 is 2.80 bits per heavy atom. The molecule has 0 spiro atoms. The summed E-state index contributed by atoms with van der Waals surface area (Å²) in [5, 5.41) is 0. The predicted molar refractivity (Wildman–Crippen MR) is 34.5 cm³/mol. The van der Waals surface area contributed by atoms with Gasteiger partial charge in [0, 0.05) is 6.20 Å². The molecule has 1 aromatic rings. The molecule has 1 amide bonds. The van der Waals surface area contributed by atoms with Gasteiger partial charge in [-0.25, -0.2) is 9.36 Å². The molecule has 1 radical (unpaired) electrons. The molecule has 0 aliphatic rings. The Balaban J connectivity index is 3.29. The van der Waals surface area contributed by atoms with Crippen molar-refractivity contribution in [2.45, 2.75) is 0 Å². The lowest BCUT2D eigenvalue weighted by Gasteiger charge is -1.94. The number of carbonyl (C=O) groups excluding carboxylic acids is 1. The zero-order valence-electron chi connectivity index (χ0n) is 5.07. The van der Waals surface area contributed by atoms with Crippen LogP contribution in [-0.2, 0) is 0 Å². The maximum absolute atomic E-state index is 10.7. The first kappa shape index (κ1) is 6.54. The van der Waals surface area contributed by atoms with Crippen molar-refractivity contribution in [1.82, 2.24) is 4.57 Å². The van der Waals surface area contributed by atoms with E-state index in [9.17, 15) is 9.59 Å². The summed E-state index contributed by atoms with van der Waals surface area (Å²) >= 11 is 0. The van der Waals surface area contributed by atoms with Gasteiger partial charge in [0.2, 0.25) is 0 Å². The van der Waals surface area contributed by atoms with Crippen molar-refractivity contribution >= 4 is 6.03 Å². The molecule has 1 aromatic heterocycles. The van der Waals surface area contributed by atoms with E-state index in [0.717, 1.165) is 4.57 Å². The van der Waals surface area contributed by atoms with E-state index in [1.165, 1.54) is 18.3 Å². The Hall–Kier alpha value is -1.58. The summed E-state index contributed by atoms with van der Waals surface area (Å²) in [6.07, 6.45) is 1.29. The largest absolute Gasteiger partial charge is 0.351 e. The van der Waals surface area contributed by atoms with Crippen molar-refractivity contribution in [3.8, 4) is 0 Å². The number of carbonyl (C=O) groups is 1. The van der Waals surface area contributed by atoms with Crippen LogP contribution in [0.25, 0.3) is 0 Å². The summed E-state index contributed by atoms with van der Waals surface area (Å²) < 4.78 is 0.778. The van der Waals surface area contributed by atoms with Crippen molar-refractivity contribution < 1.29 is 4.79 Å². The molecule has 51 valence electrons. The van der Waals surface area contributed by atoms with E-state index in [-0.39, 0.29) is 0 Å². The molecule has 0 bridgehead atoms. The number of rotatable bonds is 0. The number of hydrogen-bond acceptors (Lipinski definition) is 2. The van der Waals surface area contributed by atoms with Crippen LogP contribution in [0.2, 0.25) is 0 Å². The third-order valence-electron chi connectivity index (χ3n) is 0.994. The Kier molecular flexibility index (Phi) is 1.53. The molecule has 1 heterocycles. The van der Waals surface area contributed by atoms with Gasteiger partial charge in [0.25, 0.3) is 5.56 Å². The minimum atomic E-state index is -0.790. The first-order chi connectivity index (χ1) is 4.72. The summed E-state index contributed by atoms with van der Waals surface area (Å²) in [6, 6.07) is 4.42. The lowest BCUT2D eigenvalue weighted by molar-refractivity contribution is 0.249. The van der Waals surface area contributed by atoms with Gasteiger partial charge in [-0.3, -0.25) is 4.79 Å². The molecule has 4 nitrogen and oxygen atoms in total. The molecule has 0 saturated carbocycles. The van der Waals surface area contributed by atoms with Gasteiger partial charge in [0.15, 0.2) is 0 Å². The lowest BCUT2D eigenvalue weighted by atomic mass is 10.5. The fraction of sp³-hybridized carbons (Fsp3) is 0. The van der Waals surface area contributed by atoms with E-state index in [2.05, 4.69) is 6.07 Å². The summed E-state index contributed by atoms with van der Waals surface area (Å²) in [5.74, 6) is 0. The van der Waals surface area contributed by atoms with Crippen LogP contribution < -0.4 is 11.3 Å². The van der Waals surface area contributed by atoms with Crippen LogP contribution in [0.4, 0.5) is 4.79 Å². The van der Waals surface area contributed by atoms with Crippen LogP contribution in [0.15, 0.2) is 23.1 Å². The third kappa shape index (κ3) is 1.05. The average Bonchev–Trinajstić information content (AvgIpc) is 1.88. The highest BCUT2D eigenvalue weighted by atomic mass is 16.2. The maximum Gasteiger partial charge on any atom is 0.325 e. The van der Waals surface area contributed by atoms with Gasteiger partial charge in [-0.05, 0) is 12.1 Å². The van der Waals surface area contributed by atoms with Crippen LogP contribution in [0.1, 0.15) is 0 Å². The van der Waals surface area contributed by atoms with E-state index in [0.29, 0.717) is 0 Å². The highest BCUT2D eigenvalue weighted by Crippen LogP contribution is 1.76. The van der Waals surface area contributed by atoms with Crippen molar-refractivity contribution in [2.24, 2.45) is 5.73 Å². The second kappa shape index (κ2) is 2.34. The van der Waals surface area contributed by atoms with Crippen LogP contribution in [-0.4, -0.2) is 10.6 Å². The molecule has 0 aromatic carbocycles. The monoisotopic (exact) mass is 137 g/mol. The number of amides is 1. The van der Waals surface area contributed by atoms with Crippen LogP contribution >= 0.6 is 0 Å². The van der Waals surface area contributed by atoms with Crippen molar-refractivity contribution in [2.75, 3.05) is 0 Å². The SMILES string of the molecule is NC(=O)n1ccc[c]c1=O. The number of primary amides is 1. The lowest BCUT2D eigenvalue weighted by Crippen LogP contribution is -2.30. The van der Waals surface area contributed by atoms with E-state index in [4.69, 9.17) is 5.73 Å². The molecule has 0 atom stereocenters. The Morgan fingerprint density at radius 2 is 2.40 bits per heavy atom. The first-order valence-corrected chi connectivity index (χ1v) is 2.61. The highest BCUT2D eigenvalue weighted by Gasteiger charge is 1.96. The fourth-order valence-corrected chi connectivity index (χ4v) is 0.559. The molecule has 1 rings (SSSR count). The highest BCUT2D eigenvalue weighted by molar-refractivity contribution is 5.74. The minimum Gasteiger partial charge on any atom is -0.351 e. The first-order valence-electron chi connectivity index (χ1n) is 2.61. The topological polar surface area (TPSA) is 65.1 Å². The number of hydrogen-bond donors (Lipinski definition) is 1. The number of nitrogens with zero attached hydrogens (tertiary/aromatic N) is 1. The predicted octanol–water partition coefficient (Wildman–Crippen LogP) is -0.425. The summed E-state index contributed by atoms with van der Waals surface area (Å²) in [6.45, 7) is 0. The van der Waals surface area contributed by atoms with Gasteiger partial charge in [0.05, 0.1) is 6.07 Å². The normalized spacial score (nSPS) is 9.20. The number of aromatic nitrogens is 1. The second-order valence-corrected chi connectivity index (χ2v) is 1.67. The second-order valence-electron chi connectivity index (χ2n) is 1.67.